The molecule has 1 aromatic heterocycles. The lowest BCUT2D eigenvalue weighted by Crippen LogP contribution is -1.96. The van der Waals surface area contributed by atoms with Gasteiger partial charge in [-0.3, -0.25) is 0 Å². The van der Waals surface area contributed by atoms with Crippen molar-refractivity contribution in [3.63, 3.8) is 0 Å². The molecular weight excluding hydrogens is 250 g/mol. The Morgan fingerprint density at radius 3 is 2.61 bits per heavy atom. The van der Waals surface area contributed by atoms with Crippen LogP contribution in [0, 0.1) is 0 Å². The molecule has 1 N–H and O–H groups in total. The van der Waals surface area contributed by atoms with E-state index in [1.807, 2.05) is 29.6 Å². The Hall–Kier alpha value is -1.59. The van der Waals surface area contributed by atoms with E-state index in [4.69, 9.17) is 14.6 Å². The van der Waals surface area contributed by atoms with Gasteiger partial charge in [-0.2, -0.15) is 0 Å². The van der Waals surface area contributed by atoms with Crippen molar-refractivity contribution >= 4 is 11.3 Å². The highest BCUT2D eigenvalue weighted by atomic mass is 32.1. The van der Waals surface area contributed by atoms with Crippen LogP contribution in [0.5, 0.6) is 11.5 Å². The average molecular weight is 265 g/mol. The number of rotatable bonds is 6. The predicted molar refractivity (Wildman–Crippen MR) is 70.2 cm³/mol. The molecule has 5 heteroatoms. The minimum Gasteiger partial charge on any atom is -0.497 e. The molecule has 0 radical (unpaired) electrons. The van der Waals surface area contributed by atoms with Crippen molar-refractivity contribution in [2.45, 2.75) is 13.0 Å². The van der Waals surface area contributed by atoms with Gasteiger partial charge in [-0.25, -0.2) is 4.98 Å². The van der Waals surface area contributed by atoms with E-state index in [0.29, 0.717) is 13.0 Å². The molecule has 18 heavy (non-hydrogen) atoms. The SMILES string of the molecule is COc1ccc(OCc2nc(CCO)cs2)cc1. The lowest BCUT2D eigenvalue weighted by molar-refractivity contribution is 0.295. The number of benzene rings is 1. The molecule has 1 heterocycles. The zero-order chi connectivity index (χ0) is 12.8. The molecule has 0 fully saturated rings. The number of aromatic nitrogens is 1. The first-order valence-corrected chi connectivity index (χ1v) is 6.51. The molecule has 2 aromatic rings. The maximum atomic E-state index is 8.81. The van der Waals surface area contributed by atoms with E-state index in [-0.39, 0.29) is 6.61 Å². The van der Waals surface area contributed by atoms with E-state index < -0.39 is 0 Å². The van der Waals surface area contributed by atoms with Gasteiger partial charge in [-0.05, 0) is 24.3 Å². The average Bonchev–Trinajstić information content (AvgIpc) is 2.85. The van der Waals surface area contributed by atoms with E-state index in [1.54, 1.807) is 18.4 Å². The van der Waals surface area contributed by atoms with Crippen molar-refractivity contribution < 1.29 is 14.6 Å². The number of hydrogen-bond acceptors (Lipinski definition) is 5. The highest BCUT2D eigenvalue weighted by Gasteiger charge is 2.03. The number of ether oxygens (including phenoxy) is 2. The van der Waals surface area contributed by atoms with Gasteiger partial charge in [0.25, 0.3) is 0 Å². The number of nitrogens with zero attached hydrogens (tertiary/aromatic N) is 1. The van der Waals surface area contributed by atoms with Gasteiger partial charge in [0.2, 0.25) is 0 Å². The van der Waals surface area contributed by atoms with Crippen LogP contribution in [0.1, 0.15) is 10.7 Å². The molecule has 0 bridgehead atoms. The summed E-state index contributed by atoms with van der Waals surface area (Å²) in [5, 5.41) is 11.7. The van der Waals surface area contributed by atoms with Crippen LogP contribution in [0.25, 0.3) is 0 Å². The molecule has 0 atom stereocenters. The Balaban J connectivity index is 1.89. The Labute approximate surface area is 110 Å². The first kappa shape index (κ1) is 12.9. The summed E-state index contributed by atoms with van der Waals surface area (Å²) in [4.78, 5) is 4.36. The summed E-state index contributed by atoms with van der Waals surface area (Å²) in [6.45, 7) is 0.574. The summed E-state index contributed by atoms with van der Waals surface area (Å²) in [6, 6.07) is 7.44. The summed E-state index contributed by atoms with van der Waals surface area (Å²) < 4.78 is 10.7. The summed E-state index contributed by atoms with van der Waals surface area (Å²) in [5.74, 6) is 1.59. The topological polar surface area (TPSA) is 51.6 Å². The maximum Gasteiger partial charge on any atom is 0.140 e. The first-order chi connectivity index (χ1) is 8.81. The predicted octanol–water partition coefficient (Wildman–Crippen LogP) is 2.27. The lowest BCUT2D eigenvalue weighted by Gasteiger charge is -2.04. The minimum atomic E-state index is 0.127. The normalized spacial score (nSPS) is 10.3. The highest BCUT2D eigenvalue weighted by Crippen LogP contribution is 2.19. The van der Waals surface area contributed by atoms with E-state index in [2.05, 4.69) is 4.98 Å². The van der Waals surface area contributed by atoms with Gasteiger partial charge in [0.15, 0.2) is 0 Å². The van der Waals surface area contributed by atoms with Crippen LogP contribution in [0.15, 0.2) is 29.6 Å². The van der Waals surface area contributed by atoms with Gasteiger partial charge < -0.3 is 14.6 Å². The molecule has 0 spiro atoms. The van der Waals surface area contributed by atoms with Crippen LogP contribution < -0.4 is 9.47 Å². The van der Waals surface area contributed by atoms with Crippen LogP contribution >= 0.6 is 11.3 Å². The third-order valence-electron chi connectivity index (χ3n) is 2.39. The monoisotopic (exact) mass is 265 g/mol. The number of thiazole rings is 1. The summed E-state index contributed by atoms with van der Waals surface area (Å²) in [7, 11) is 1.63. The second kappa shape index (κ2) is 6.37. The first-order valence-electron chi connectivity index (χ1n) is 5.63. The summed E-state index contributed by atoms with van der Waals surface area (Å²) >= 11 is 1.54. The zero-order valence-electron chi connectivity index (χ0n) is 10.1. The maximum absolute atomic E-state index is 8.81. The molecule has 0 aliphatic rings. The number of methoxy groups -OCH3 is 1. The fraction of sp³-hybridized carbons (Fsp3) is 0.308. The van der Waals surface area contributed by atoms with Crippen molar-refractivity contribution in [2.24, 2.45) is 0 Å². The lowest BCUT2D eigenvalue weighted by atomic mass is 10.3. The van der Waals surface area contributed by atoms with Crippen molar-refractivity contribution in [1.82, 2.24) is 4.98 Å². The smallest absolute Gasteiger partial charge is 0.140 e. The minimum absolute atomic E-state index is 0.127. The fourth-order valence-corrected chi connectivity index (χ4v) is 2.20. The molecule has 0 saturated carbocycles. The number of aliphatic hydroxyl groups is 1. The van der Waals surface area contributed by atoms with E-state index >= 15 is 0 Å². The largest absolute Gasteiger partial charge is 0.497 e. The van der Waals surface area contributed by atoms with Crippen LogP contribution in [0.4, 0.5) is 0 Å². The standard InChI is InChI=1S/C13H15NO3S/c1-16-11-2-4-12(5-3-11)17-8-13-14-10(6-7-15)9-18-13/h2-5,9,15H,6-8H2,1H3. The Morgan fingerprint density at radius 2 is 1.94 bits per heavy atom. The van der Waals surface area contributed by atoms with E-state index in [9.17, 15) is 0 Å². The van der Waals surface area contributed by atoms with Gasteiger partial charge >= 0.3 is 0 Å². The Kier molecular flexibility index (Phi) is 4.55. The third kappa shape index (κ3) is 3.45. The molecule has 1 aromatic carbocycles. The molecule has 96 valence electrons. The molecular formula is C13H15NO3S. The molecule has 0 aliphatic heterocycles. The van der Waals surface area contributed by atoms with Crippen molar-refractivity contribution in [2.75, 3.05) is 13.7 Å². The zero-order valence-corrected chi connectivity index (χ0v) is 10.9. The number of hydrogen-bond donors (Lipinski definition) is 1. The quantitative estimate of drug-likeness (QED) is 0.870. The molecule has 0 amide bonds. The Bertz CT molecular complexity index is 481. The number of aliphatic hydroxyl groups excluding tert-OH is 1. The van der Waals surface area contributed by atoms with E-state index in [1.165, 1.54) is 0 Å². The van der Waals surface area contributed by atoms with Gasteiger partial charge in [-0.1, -0.05) is 0 Å². The Morgan fingerprint density at radius 1 is 1.22 bits per heavy atom. The highest BCUT2D eigenvalue weighted by molar-refractivity contribution is 7.09. The molecule has 0 aliphatic carbocycles. The summed E-state index contributed by atoms with van der Waals surface area (Å²) in [5.41, 5.74) is 0.913. The molecule has 0 unspecified atom stereocenters. The molecule has 2 rings (SSSR count). The van der Waals surface area contributed by atoms with Crippen molar-refractivity contribution in [3.05, 3.63) is 40.3 Å². The van der Waals surface area contributed by atoms with Crippen LogP contribution in [-0.4, -0.2) is 23.8 Å². The van der Waals surface area contributed by atoms with Crippen LogP contribution in [0.3, 0.4) is 0 Å². The fourth-order valence-electron chi connectivity index (χ4n) is 1.46. The molecule has 4 nitrogen and oxygen atoms in total. The van der Waals surface area contributed by atoms with Crippen LogP contribution in [0.2, 0.25) is 0 Å². The van der Waals surface area contributed by atoms with Gasteiger partial charge in [-0.15, -0.1) is 11.3 Å². The molecule has 0 saturated heterocycles. The van der Waals surface area contributed by atoms with Gasteiger partial charge in [0, 0.05) is 18.4 Å². The van der Waals surface area contributed by atoms with Crippen molar-refractivity contribution in [3.8, 4) is 11.5 Å². The second-order valence-corrected chi connectivity index (χ2v) is 4.61. The van der Waals surface area contributed by atoms with Crippen LogP contribution in [-0.2, 0) is 13.0 Å². The van der Waals surface area contributed by atoms with Gasteiger partial charge in [0.1, 0.15) is 23.1 Å². The van der Waals surface area contributed by atoms with E-state index in [0.717, 1.165) is 22.2 Å². The van der Waals surface area contributed by atoms with Crippen molar-refractivity contribution in [1.29, 1.82) is 0 Å². The summed E-state index contributed by atoms with van der Waals surface area (Å²) in [6.07, 6.45) is 0.596. The third-order valence-corrected chi connectivity index (χ3v) is 3.26. The van der Waals surface area contributed by atoms with Gasteiger partial charge in [0.05, 0.1) is 12.8 Å². The second-order valence-electron chi connectivity index (χ2n) is 3.67.